The summed E-state index contributed by atoms with van der Waals surface area (Å²) in [6, 6.07) is 12.8. The minimum absolute atomic E-state index is 0.466. The molecule has 1 aliphatic rings. The maximum Gasteiger partial charge on any atom is 0.140 e. The third kappa shape index (κ3) is 3.65. The summed E-state index contributed by atoms with van der Waals surface area (Å²) in [5, 5.41) is 10.0. The highest BCUT2D eigenvalue weighted by Gasteiger charge is 2.19. The van der Waals surface area contributed by atoms with Gasteiger partial charge in [0.15, 0.2) is 0 Å². The Kier molecular flexibility index (Phi) is 5.02. The third-order valence-electron chi connectivity index (χ3n) is 5.47. The number of hydrogen-bond donors (Lipinski definition) is 2. The lowest BCUT2D eigenvalue weighted by Crippen LogP contribution is -2.29. The quantitative estimate of drug-likeness (QED) is 0.693. The highest BCUT2D eigenvalue weighted by molar-refractivity contribution is 5.77. The van der Waals surface area contributed by atoms with Gasteiger partial charge in [-0.25, -0.2) is 10.5 Å². The molecule has 1 aromatic carbocycles. The van der Waals surface area contributed by atoms with Crippen LogP contribution in [0.15, 0.2) is 48.8 Å². The SMILES string of the molecule is CN1CCC(c2cnc3c(ccn3Cc3ccc(CNO)cc3)c2)CC1. The Morgan fingerprint density at radius 2 is 1.85 bits per heavy atom. The van der Waals surface area contributed by atoms with Crippen molar-refractivity contribution in [2.45, 2.75) is 31.8 Å². The van der Waals surface area contributed by atoms with Crippen LogP contribution in [0.1, 0.15) is 35.4 Å². The second-order valence-electron chi connectivity index (χ2n) is 7.35. The van der Waals surface area contributed by atoms with Gasteiger partial charge < -0.3 is 14.7 Å². The first-order valence-corrected chi connectivity index (χ1v) is 9.31. The van der Waals surface area contributed by atoms with E-state index in [1.165, 1.54) is 42.4 Å². The average Bonchev–Trinajstić information content (AvgIpc) is 3.06. The zero-order valence-electron chi connectivity index (χ0n) is 15.2. The fraction of sp³-hybridized carbons (Fsp3) is 0.381. The van der Waals surface area contributed by atoms with Crippen molar-refractivity contribution in [3.63, 3.8) is 0 Å². The van der Waals surface area contributed by atoms with Crippen LogP contribution < -0.4 is 5.48 Å². The molecule has 1 aliphatic heterocycles. The number of nitrogens with one attached hydrogen (secondary N) is 1. The van der Waals surface area contributed by atoms with Gasteiger partial charge in [-0.05, 0) is 67.7 Å². The van der Waals surface area contributed by atoms with Crippen molar-refractivity contribution in [3.05, 3.63) is 65.5 Å². The second-order valence-corrected chi connectivity index (χ2v) is 7.35. The summed E-state index contributed by atoms with van der Waals surface area (Å²) in [4.78, 5) is 7.19. The lowest BCUT2D eigenvalue weighted by Gasteiger charge is -2.29. The minimum Gasteiger partial charge on any atom is -0.328 e. The number of benzene rings is 1. The van der Waals surface area contributed by atoms with Crippen molar-refractivity contribution in [3.8, 4) is 0 Å². The largest absolute Gasteiger partial charge is 0.328 e. The van der Waals surface area contributed by atoms with Crippen molar-refractivity contribution in [1.82, 2.24) is 19.9 Å². The number of rotatable bonds is 5. The Balaban J connectivity index is 1.52. The van der Waals surface area contributed by atoms with E-state index in [-0.39, 0.29) is 0 Å². The Morgan fingerprint density at radius 3 is 2.58 bits per heavy atom. The van der Waals surface area contributed by atoms with Crippen LogP contribution in [0.3, 0.4) is 0 Å². The van der Waals surface area contributed by atoms with Gasteiger partial charge in [0, 0.05) is 30.9 Å². The van der Waals surface area contributed by atoms with E-state index in [4.69, 9.17) is 10.2 Å². The van der Waals surface area contributed by atoms with Gasteiger partial charge in [-0.15, -0.1) is 0 Å². The summed E-state index contributed by atoms with van der Waals surface area (Å²) in [6.07, 6.45) is 6.64. The van der Waals surface area contributed by atoms with Gasteiger partial charge in [0.05, 0.1) is 0 Å². The summed E-state index contributed by atoms with van der Waals surface area (Å²) in [6.45, 7) is 3.61. The Morgan fingerprint density at radius 1 is 1.12 bits per heavy atom. The van der Waals surface area contributed by atoms with E-state index in [2.05, 4.69) is 58.7 Å². The first kappa shape index (κ1) is 17.2. The van der Waals surface area contributed by atoms with Gasteiger partial charge >= 0.3 is 0 Å². The van der Waals surface area contributed by atoms with Gasteiger partial charge in [-0.1, -0.05) is 24.3 Å². The lowest BCUT2D eigenvalue weighted by atomic mass is 9.90. The van der Waals surface area contributed by atoms with Gasteiger partial charge in [0.2, 0.25) is 0 Å². The summed E-state index contributed by atoms with van der Waals surface area (Å²) < 4.78 is 2.20. The van der Waals surface area contributed by atoms with E-state index in [0.717, 1.165) is 17.8 Å². The number of aromatic nitrogens is 2. The first-order valence-electron chi connectivity index (χ1n) is 9.31. The monoisotopic (exact) mass is 350 g/mol. The fourth-order valence-electron chi connectivity index (χ4n) is 3.84. The van der Waals surface area contributed by atoms with Crippen LogP contribution in [-0.2, 0) is 13.1 Å². The number of fused-ring (bicyclic) bond motifs is 1. The maximum absolute atomic E-state index is 8.78. The van der Waals surface area contributed by atoms with Crippen LogP contribution in [0.5, 0.6) is 0 Å². The van der Waals surface area contributed by atoms with Crippen LogP contribution >= 0.6 is 0 Å². The predicted octanol–water partition coefficient (Wildman–Crippen LogP) is 3.37. The van der Waals surface area contributed by atoms with Crippen molar-refractivity contribution in [1.29, 1.82) is 0 Å². The third-order valence-corrected chi connectivity index (χ3v) is 5.47. The maximum atomic E-state index is 8.78. The van der Waals surface area contributed by atoms with Crippen molar-refractivity contribution in [2.75, 3.05) is 20.1 Å². The van der Waals surface area contributed by atoms with Crippen molar-refractivity contribution < 1.29 is 5.21 Å². The molecule has 5 heteroatoms. The molecule has 5 nitrogen and oxygen atoms in total. The number of piperidine rings is 1. The molecule has 26 heavy (non-hydrogen) atoms. The highest BCUT2D eigenvalue weighted by atomic mass is 16.5. The molecule has 1 saturated heterocycles. The molecule has 3 heterocycles. The fourth-order valence-corrected chi connectivity index (χ4v) is 3.84. The van der Waals surface area contributed by atoms with Crippen LogP contribution in [0, 0.1) is 0 Å². The summed E-state index contributed by atoms with van der Waals surface area (Å²) in [5.41, 5.74) is 6.90. The van der Waals surface area contributed by atoms with Crippen LogP contribution in [0.2, 0.25) is 0 Å². The molecule has 0 spiro atoms. The van der Waals surface area contributed by atoms with Gasteiger partial charge in [0.25, 0.3) is 0 Å². The normalized spacial score (nSPS) is 16.4. The second kappa shape index (κ2) is 7.58. The number of nitrogens with zero attached hydrogens (tertiary/aromatic N) is 3. The van der Waals surface area contributed by atoms with Crippen molar-refractivity contribution >= 4 is 11.0 Å². The zero-order chi connectivity index (χ0) is 17.9. The summed E-state index contributed by atoms with van der Waals surface area (Å²) >= 11 is 0. The minimum atomic E-state index is 0.466. The lowest BCUT2D eigenvalue weighted by molar-refractivity contribution is 0.161. The Hall–Kier alpha value is -2.21. The van der Waals surface area contributed by atoms with Crippen LogP contribution in [0.4, 0.5) is 0 Å². The molecule has 3 aromatic rings. The van der Waals surface area contributed by atoms with Crippen molar-refractivity contribution in [2.24, 2.45) is 0 Å². The van der Waals surface area contributed by atoms with Gasteiger partial charge in [-0.3, -0.25) is 0 Å². The Labute approximate surface area is 154 Å². The number of likely N-dealkylation sites (tertiary alicyclic amines) is 1. The molecule has 0 saturated carbocycles. The molecular weight excluding hydrogens is 324 g/mol. The van der Waals surface area contributed by atoms with E-state index in [1.54, 1.807) is 0 Å². The topological polar surface area (TPSA) is 53.3 Å². The molecule has 0 atom stereocenters. The van der Waals surface area contributed by atoms with Gasteiger partial charge in [-0.2, -0.15) is 0 Å². The molecule has 2 N–H and O–H groups in total. The molecule has 4 rings (SSSR count). The molecule has 0 bridgehead atoms. The molecule has 1 fully saturated rings. The smallest absolute Gasteiger partial charge is 0.140 e. The van der Waals surface area contributed by atoms with Gasteiger partial charge in [0.1, 0.15) is 5.65 Å². The zero-order valence-corrected chi connectivity index (χ0v) is 15.2. The number of hydroxylamine groups is 1. The molecule has 0 unspecified atom stereocenters. The standard InChI is InChI=1S/C21H26N4O/c1-24-9-6-18(7-10-24)20-12-19-8-11-25(21(19)22-14-20)15-17-4-2-16(3-5-17)13-23-26/h2-5,8,11-12,14,18,23,26H,6-7,9-10,13,15H2,1H3. The molecule has 2 aromatic heterocycles. The Bertz CT molecular complexity index is 863. The number of hydrogen-bond acceptors (Lipinski definition) is 4. The van der Waals surface area contributed by atoms with Crippen LogP contribution in [0.25, 0.3) is 11.0 Å². The van der Waals surface area contributed by atoms with E-state index >= 15 is 0 Å². The van der Waals surface area contributed by atoms with E-state index < -0.39 is 0 Å². The first-order chi connectivity index (χ1) is 12.7. The van der Waals surface area contributed by atoms with E-state index in [0.29, 0.717) is 12.5 Å². The molecule has 0 radical (unpaired) electrons. The highest BCUT2D eigenvalue weighted by Crippen LogP contribution is 2.29. The predicted molar refractivity (Wildman–Crippen MR) is 103 cm³/mol. The summed E-state index contributed by atoms with van der Waals surface area (Å²) in [5.74, 6) is 0.638. The van der Waals surface area contributed by atoms with Crippen LogP contribution in [-0.4, -0.2) is 39.8 Å². The summed E-state index contributed by atoms with van der Waals surface area (Å²) in [7, 11) is 2.20. The molecule has 136 valence electrons. The molecule has 0 amide bonds. The number of pyridine rings is 1. The van der Waals surface area contributed by atoms with E-state index in [1.807, 2.05) is 12.1 Å². The molecule has 0 aliphatic carbocycles. The average molecular weight is 350 g/mol. The molecular formula is C21H26N4O. The van der Waals surface area contributed by atoms with E-state index in [9.17, 15) is 0 Å².